The van der Waals surface area contributed by atoms with E-state index in [1.165, 1.54) is 5.56 Å². The van der Waals surface area contributed by atoms with E-state index in [0.29, 0.717) is 6.61 Å². The van der Waals surface area contributed by atoms with Gasteiger partial charge in [0.05, 0.1) is 13.7 Å². The van der Waals surface area contributed by atoms with E-state index in [-0.39, 0.29) is 0 Å². The Hall–Kier alpha value is -0.740. The number of benzene rings is 1. The van der Waals surface area contributed by atoms with Crippen LogP contribution >= 0.6 is 15.9 Å². The number of halogens is 1. The van der Waals surface area contributed by atoms with Crippen LogP contribution in [0.5, 0.6) is 11.5 Å². The lowest BCUT2D eigenvalue weighted by atomic mass is 10.1. The Morgan fingerprint density at radius 3 is 2.65 bits per heavy atom. The summed E-state index contributed by atoms with van der Waals surface area (Å²) in [4.78, 5) is 0. The number of methoxy groups -OCH3 is 1. The molecule has 1 rings (SSSR count). The van der Waals surface area contributed by atoms with Gasteiger partial charge in [0.2, 0.25) is 0 Å². The van der Waals surface area contributed by atoms with E-state index >= 15 is 0 Å². The Kier molecular flexibility index (Phi) is 6.37. The fourth-order valence-electron chi connectivity index (χ4n) is 1.72. The molecule has 0 unspecified atom stereocenters. The first-order valence-corrected chi connectivity index (χ1v) is 6.72. The minimum atomic E-state index is 0.636. The maximum absolute atomic E-state index is 5.68. The fourth-order valence-corrected chi connectivity index (χ4v) is 2.24. The Morgan fingerprint density at radius 2 is 2.06 bits per heavy atom. The number of unbranched alkanes of at least 4 members (excludes halogenated alkanes) is 1. The molecule has 0 amide bonds. The largest absolute Gasteiger partial charge is 0.493 e. The molecular weight excluding hydrogens is 282 g/mol. The molecule has 0 saturated heterocycles. The van der Waals surface area contributed by atoms with Gasteiger partial charge in [0, 0.05) is 10.0 Å². The van der Waals surface area contributed by atoms with Crippen molar-refractivity contribution in [2.45, 2.75) is 26.2 Å². The molecule has 0 saturated carbocycles. The zero-order valence-corrected chi connectivity index (χ0v) is 12.0. The van der Waals surface area contributed by atoms with Crippen molar-refractivity contribution < 1.29 is 9.47 Å². The Morgan fingerprint density at radius 1 is 1.29 bits per heavy atom. The van der Waals surface area contributed by atoms with Crippen LogP contribution in [0.2, 0.25) is 0 Å². The highest BCUT2D eigenvalue weighted by Gasteiger charge is 2.13. The van der Waals surface area contributed by atoms with Crippen molar-refractivity contribution >= 4 is 15.9 Å². The third-order valence-corrected chi connectivity index (χ3v) is 3.30. The lowest BCUT2D eigenvalue weighted by Crippen LogP contribution is -2.03. The van der Waals surface area contributed by atoms with Crippen molar-refractivity contribution in [3.05, 3.63) is 22.2 Å². The van der Waals surface area contributed by atoms with Gasteiger partial charge in [-0.25, -0.2) is 0 Å². The molecule has 0 aliphatic heterocycles. The number of hydrogen-bond donors (Lipinski definition) is 1. The molecule has 0 radical (unpaired) electrons. The minimum Gasteiger partial charge on any atom is -0.493 e. The molecule has 0 fully saturated rings. The van der Waals surface area contributed by atoms with Crippen LogP contribution < -0.4 is 15.2 Å². The highest BCUT2D eigenvalue weighted by molar-refractivity contribution is 9.10. The van der Waals surface area contributed by atoms with Gasteiger partial charge < -0.3 is 15.2 Å². The first-order chi connectivity index (χ1) is 8.24. The molecular formula is C13H20BrNO2. The highest BCUT2D eigenvalue weighted by atomic mass is 79.9. The topological polar surface area (TPSA) is 44.5 Å². The Labute approximate surface area is 111 Å². The van der Waals surface area contributed by atoms with Gasteiger partial charge in [0.15, 0.2) is 11.5 Å². The predicted molar refractivity (Wildman–Crippen MR) is 73.9 cm³/mol. The SMILES string of the molecule is CCOc1c(OC)ccc(Br)c1CCCCN. The highest BCUT2D eigenvalue weighted by Crippen LogP contribution is 2.37. The van der Waals surface area contributed by atoms with Crippen LogP contribution in [0.15, 0.2) is 16.6 Å². The van der Waals surface area contributed by atoms with Gasteiger partial charge in [-0.15, -0.1) is 0 Å². The molecule has 0 spiro atoms. The smallest absolute Gasteiger partial charge is 0.165 e. The van der Waals surface area contributed by atoms with Crippen molar-refractivity contribution in [1.29, 1.82) is 0 Å². The van der Waals surface area contributed by atoms with Crippen LogP contribution in [-0.4, -0.2) is 20.3 Å². The van der Waals surface area contributed by atoms with E-state index < -0.39 is 0 Å². The van der Waals surface area contributed by atoms with Gasteiger partial charge in [0.1, 0.15) is 0 Å². The average Bonchev–Trinajstić information content (AvgIpc) is 2.33. The lowest BCUT2D eigenvalue weighted by molar-refractivity contribution is 0.307. The second kappa shape index (κ2) is 7.56. The molecule has 0 heterocycles. The second-order valence-corrected chi connectivity index (χ2v) is 4.59. The molecule has 0 aromatic heterocycles. The summed E-state index contributed by atoms with van der Waals surface area (Å²) >= 11 is 3.57. The quantitative estimate of drug-likeness (QED) is 0.787. The van der Waals surface area contributed by atoms with Crippen molar-refractivity contribution in [3.63, 3.8) is 0 Å². The van der Waals surface area contributed by atoms with E-state index in [0.717, 1.165) is 41.8 Å². The van der Waals surface area contributed by atoms with E-state index in [1.54, 1.807) is 7.11 Å². The van der Waals surface area contributed by atoms with E-state index in [9.17, 15) is 0 Å². The number of nitrogens with two attached hydrogens (primary N) is 1. The Balaban J connectivity index is 2.96. The average molecular weight is 302 g/mol. The summed E-state index contributed by atoms with van der Waals surface area (Å²) in [5, 5.41) is 0. The molecule has 0 bridgehead atoms. The number of hydrogen-bond acceptors (Lipinski definition) is 3. The first-order valence-electron chi connectivity index (χ1n) is 5.92. The molecule has 96 valence electrons. The van der Waals surface area contributed by atoms with Crippen LogP contribution in [0.25, 0.3) is 0 Å². The van der Waals surface area contributed by atoms with Gasteiger partial charge >= 0.3 is 0 Å². The summed E-state index contributed by atoms with van der Waals surface area (Å²) in [6.45, 7) is 3.34. The zero-order valence-electron chi connectivity index (χ0n) is 10.5. The third kappa shape index (κ3) is 3.89. The van der Waals surface area contributed by atoms with E-state index in [1.807, 2.05) is 19.1 Å². The third-order valence-electron chi connectivity index (χ3n) is 2.56. The fraction of sp³-hybridized carbons (Fsp3) is 0.538. The zero-order chi connectivity index (χ0) is 12.7. The monoisotopic (exact) mass is 301 g/mol. The molecule has 4 heteroatoms. The Bertz CT molecular complexity index is 356. The molecule has 17 heavy (non-hydrogen) atoms. The van der Waals surface area contributed by atoms with E-state index in [4.69, 9.17) is 15.2 Å². The van der Waals surface area contributed by atoms with Crippen LogP contribution in [-0.2, 0) is 6.42 Å². The van der Waals surface area contributed by atoms with Gasteiger partial charge in [-0.1, -0.05) is 15.9 Å². The summed E-state index contributed by atoms with van der Waals surface area (Å²) in [6.07, 6.45) is 3.03. The molecule has 0 aliphatic carbocycles. The molecule has 3 nitrogen and oxygen atoms in total. The summed E-state index contributed by atoms with van der Waals surface area (Å²) in [7, 11) is 1.66. The van der Waals surface area contributed by atoms with Crippen LogP contribution in [0, 0.1) is 0 Å². The molecule has 1 aromatic rings. The maximum Gasteiger partial charge on any atom is 0.165 e. The van der Waals surface area contributed by atoms with E-state index in [2.05, 4.69) is 15.9 Å². The molecule has 1 aromatic carbocycles. The van der Waals surface area contributed by atoms with Crippen molar-refractivity contribution in [2.75, 3.05) is 20.3 Å². The standard InChI is InChI=1S/C13H20BrNO2/c1-3-17-13-10(6-4-5-9-15)11(14)7-8-12(13)16-2/h7-8H,3-6,9,15H2,1-2H3. The number of rotatable bonds is 7. The lowest BCUT2D eigenvalue weighted by Gasteiger charge is -2.15. The first kappa shape index (κ1) is 14.3. The minimum absolute atomic E-state index is 0.636. The molecule has 0 aliphatic rings. The van der Waals surface area contributed by atoms with Crippen molar-refractivity contribution in [3.8, 4) is 11.5 Å². The maximum atomic E-state index is 5.68. The second-order valence-electron chi connectivity index (χ2n) is 3.74. The summed E-state index contributed by atoms with van der Waals surface area (Å²) < 4.78 is 12.1. The van der Waals surface area contributed by atoms with Gasteiger partial charge in [-0.3, -0.25) is 0 Å². The summed E-state index contributed by atoms with van der Waals surface area (Å²) in [5.74, 6) is 1.64. The van der Waals surface area contributed by atoms with Crippen LogP contribution in [0.1, 0.15) is 25.3 Å². The molecule has 2 N–H and O–H groups in total. The van der Waals surface area contributed by atoms with Gasteiger partial charge in [-0.05, 0) is 44.9 Å². The summed E-state index contributed by atoms with van der Waals surface area (Å²) in [6, 6.07) is 3.92. The number of ether oxygens (including phenoxy) is 2. The van der Waals surface area contributed by atoms with Gasteiger partial charge in [-0.2, -0.15) is 0 Å². The molecule has 0 atom stereocenters. The normalized spacial score (nSPS) is 10.4. The predicted octanol–water partition coefficient (Wildman–Crippen LogP) is 3.14. The van der Waals surface area contributed by atoms with Crippen molar-refractivity contribution in [1.82, 2.24) is 0 Å². The van der Waals surface area contributed by atoms with Crippen molar-refractivity contribution in [2.24, 2.45) is 5.73 Å². The van der Waals surface area contributed by atoms with Gasteiger partial charge in [0.25, 0.3) is 0 Å². The van der Waals surface area contributed by atoms with Crippen LogP contribution in [0.4, 0.5) is 0 Å². The summed E-state index contributed by atoms with van der Waals surface area (Å²) in [5.41, 5.74) is 6.68. The van der Waals surface area contributed by atoms with Crippen LogP contribution in [0.3, 0.4) is 0 Å².